The maximum Gasteiger partial charge on any atom is 0.451 e. The van der Waals surface area contributed by atoms with Crippen molar-refractivity contribution in [3.05, 3.63) is 60.2 Å². The number of hydrogen-bond acceptors (Lipinski definition) is 5. The van der Waals surface area contributed by atoms with Gasteiger partial charge in [0.15, 0.2) is 0 Å². The van der Waals surface area contributed by atoms with Crippen molar-refractivity contribution >= 4 is 13.1 Å². The van der Waals surface area contributed by atoms with E-state index in [4.69, 9.17) is 15.8 Å². The molecule has 166 valence electrons. The van der Waals surface area contributed by atoms with E-state index in [9.17, 15) is 9.90 Å². The van der Waals surface area contributed by atoms with Crippen molar-refractivity contribution in [3.8, 4) is 11.1 Å². The monoisotopic (exact) mass is 424 g/mol. The summed E-state index contributed by atoms with van der Waals surface area (Å²) < 4.78 is 0. The lowest BCUT2D eigenvalue weighted by Gasteiger charge is -2.40. The van der Waals surface area contributed by atoms with E-state index in [0.717, 1.165) is 32.5 Å². The number of likely N-dealkylation sites (tertiary alicyclic amines) is 1. The van der Waals surface area contributed by atoms with E-state index in [1.807, 2.05) is 18.2 Å². The fourth-order valence-corrected chi connectivity index (χ4v) is 4.63. The van der Waals surface area contributed by atoms with Crippen molar-refractivity contribution in [3.63, 3.8) is 0 Å². The van der Waals surface area contributed by atoms with Gasteiger partial charge in [-0.25, -0.2) is 0 Å². The van der Waals surface area contributed by atoms with E-state index >= 15 is 0 Å². The first-order chi connectivity index (χ1) is 14.9. The zero-order chi connectivity index (χ0) is 22.3. The van der Waals surface area contributed by atoms with Crippen LogP contribution in [0.5, 0.6) is 0 Å². The Hall–Kier alpha value is -2.19. The number of carboxylic acids is 1. The zero-order valence-electron chi connectivity index (χ0n) is 18.0. The molecule has 31 heavy (non-hydrogen) atoms. The zero-order valence-corrected chi connectivity index (χ0v) is 18.0. The highest BCUT2D eigenvalue weighted by Crippen LogP contribution is 2.33. The van der Waals surface area contributed by atoms with Crippen LogP contribution in [0.15, 0.2) is 54.6 Å². The molecule has 1 unspecified atom stereocenters. The summed E-state index contributed by atoms with van der Waals surface area (Å²) >= 11 is 0. The van der Waals surface area contributed by atoms with Gasteiger partial charge in [0.2, 0.25) is 0 Å². The summed E-state index contributed by atoms with van der Waals surface area (Å²) in [5.41, 5.74) is 8.84. The standard InChI is InChI=1S/C24H33BN2O4/c26-24(23(28)29,14-6-7-15-25(30)31)21-12-16-27(17-13-21)18-20-10-4-5-11-22(20)19-8-2-1-3-9-19/h1-5,8-11,21,30-31H,6-7,12-18,26H2,(H,28,29). The maximum atomic E-state index is 12.0. The van der Waals surface area contributed by atoms with Gasteiger partial charge in [0.05, 0.1) is 0 Å². The predicted molar refractivity (Wildman–Crippen MR) is 123 cm³/mol. The largest absolute Gasteiger partial charge is 0.480 e. The summed E-state index contributed by atoms with van der Waals surface area (Å²) in [5, 5.41) is 27.8. The molecule has 1 atom stereocenters. The first kappa shape index (κ1) is 23.5. The summed E-state index contributed by atoms with van der Waals surface area (Å²) in [5.74, 6) is -1.03. The highest BCUT2D eigenvalue weighted by molar-refractivity contribution is 6.40. The number of unbranched alkanes of at least 4 members (excludes halogenated alkanes) is 1. The van der Waals surface area contributed by atoms with Crippen LogP contribution < -0.4 is 5.73 Å². The quantitative estimate of drug-likeness (QED) is 0.345. The topological polar surface area (TPSA) is 107 Å². The first-order valence-corrected chi connectivity index (χ1v) is 11.1. The number of carboxylic acid groups (broad SMARTS) is 1. The highest BCUT2D eigenvalue weighted by atomic mass is 16.4. The van der Waals surface area contributed by atoms with Gasteiger partial charge in [-0.15, -0.1) is 0 Å². The minimum absolute atomic E-state index is 0.0790. The molecule has 0 saturated carbocycles. The van der Waals surface area contributed by atoms with Crippen LogP contribution in [0.2, 0.25) is 6.32 Å². The lowest BCUT2D eigenvalue weighted by atomic mass is 9.74. The maximum absolute atomic E-state index is 12.0. The molecule has 3 rings (SSSR count). The molecule has 1 fully saturated rings. The number of rotatable bonds is 10. The SMILES string of the molecule is NC(CCCCB(O)O)(C(=O)O)C1CCN(Cc2ccccc2-c2ccccc2)CC1. The number of piperidine rings is 1. The summed E-state index contributed by atoms with van der Waals surface area (Å²) in [6.45, 7) is 2.46. The number of carbonyl (C=O) groups is 1. The van der Waals surface area contributed by atoms with E-state index < -0.39 is 18.6 Å². The summed E-state index contributed by atoms with van der Waals surface area (Å²) in [6, 6.07) is 18.8. The van der Waals surface area contributed by atoms with Crippen molar-refractivity contribution in [2.24, 2.45) is 11.7 Å². The summed E-state index contributed by atoms with van der Waals surface area (Å²) in [6.07, 6.45) is 3.23. The van der Waals surface area contributed by atoms with Crippen LogP contribution in [0.4, 0.5) is 0 Å². The number of nitrogens with zero attached hydrogens (tertiary/aromatic N) is 1. The van der Waals surface area contributed by atoms with Crippen LogP contribution in [-0.2, 0) is 11.3 Å². The van der Waals surface area contributed by atoms with E-state index in [1.165, 1.54) is 16.7 Å². The molecule has 7 heteroatoms. The van der Waals surface area contributed by atoms with E-state index in [0.29, 0.717) is 19.3 Å². The van der Waals surface area contributed by atoms with Crippen LogP contribution in [-0.4, -0.2) is 51.8 Å². The van der Waals surface area contributed by atoms with Gasteiger partial charge in [0.25, 0.3) is 0 Å². The van der Waals surface area contributed by atoms with Crippen LogP contribution in [0.25, 0.3) is 11.1 Å². The molecule has 2 aromatic rings. The van der Waals surface area contributed by atoms with Gasteiger partial charge < -0.3 is 20.9 Å². The molecule has 2 aromatic carbocycles. The molecule has 1 heterocycles. The third kappa shape index (κ3) is 6.17. The van der Waals surface area contributed by atoms with Crippen LogP contribution in [0, 0.1) is 5.92 Å². The lowest BCUT2D eigenvalue weighted by Crippen LogP contribution is -2.56. The highest BCUT2D eigenvalue weighted by Gasteiger charge is 2.42. The summed E-state index contributed by atoms with van der Waals surface area (Å²) in [4.78, 5) is 14.4. The van der Waals surface area contributed by atoms with E-state index in [1.54, 1.807) is 0 Å². The van der Waals surface area contributed by atoms with E-state index in [-0.39, 0.29) is 12.2 Å². The molecule has 0 aromatic heterocycles. The Bertz CT molecular complexity index is 840. The third-order valence-electron chi connectivity index (χ3n) is 6.51. The Morgan fingerprint density at radius 1 is 1.03 bits per heavy atom. The van der Waals surface area contributed by atoms with Gasteiger partial charge in [0.1, 0.15) is 5.54 Å². The fraction of sp³-hybridized carbons (Fsp3) is 0.458. The Labute approximate surface area is 184 Å². The average Bonchev–Trinajstić information content (AvgIpc) is 2.78. The molecule has 0 radical (unpaired) electrons. The van der Waals surface area contributed by atoms with Gasteiger partial charge in [-0.1, -0.05) is 67.4 Å². The molecule has 5 N–H and O–H groups in total. The van der Waals surface area contributed by atoms with Crippen LogP contribution in [0.1, 0.15) is 37.7 Å². The fourth-order valence-electron chi connectivity index (χ4n) is 4.63. The smallest absolute Gasteiger partial charge is 0.451 e. The van der Waals surface area contributed by atoms with Gasteiger partial charge in [-0.3, -0.25) is 9.69 Å². The minimum Gasteiger partial charge on any atom is -0.480 e. The second-order valence-electron chi connectivity index (χ2n) is 8.65. The molecular formula is C24H33BN2O4. The van der Waals surface area contributed by atoms with Crippen molar-refractivity contribution in [2.75, 3.05) is 13.1 Å². The van der Waals surface area contributed by atoms with Crippen molar-refractivity contribution < 1.29 is 19.9 Å². The normalized spacial score (nSPS) is 17.3. The average molecular weight is 424 g/mol. The molecule has 0 aliphatic carbocycles. The van der Waals surface area contributed by atoms with Gasteiger partial charge in [-0.2, -0.15) is 0 Å². The molecule has 1 aliphatic heterocycles. The van der Waals surface area contributed by atoms with Gasteiger partial charge in [0, 0.05) is 6.54 Å². The molecule has 0 bridgehead atoms. The van der Waals surface area contributed by atoms with Gasteiger partial charge in [-0.05, 0) is 61.3 Å². The van der Waals surface area contributed by atoms with Crippen molar-refractivity contribution in [1.29, 1.82) is 0 Å². The first-order valence-electron chi connectivity index (χ1n) is 11.1. The molecule has 0 spiro atoms. The van der Waals surface area contributed by atoms with Crippen molar-refractivity contribution in [2.45, 2.75) is 50.5 Å². The number of hydrogen-bond donors (Lipinski definition) is 4. The van der Waals surface area contributed by atoms with E-state index in [2.05, 4.69) is 41.3 Å². The predicted octanol–water partition coefficient (Wildman–Crippen LogP) is 2.99. The van der Waals surface area contributed by atoms with Gasteiger partial charge >= 0.3 is 13.1 Å². The van der Waals surface area contributed by atoms with Crippen LogP contribution in [0.3, 0.4) is 0 Å². The third-order valence-corrected chi connectivity index (χ3v) is 6.51. The molecule has 1 saturated heterocycles. The second kappa shape index (κ2) is 10.9. The second-order valence-corrected chi connectivity index (χ2v) is 8.65. The molecular weight excluding hydrogens is 391 g/mol. The molecule has 0 amide bonds. The Morgan fingerprint density at radius 3 is 2.32 bits per heavy atom. The number of benzene rings is 2. The Kier molecular flexibility index (Phi) is 8.26. The Balaban J connectivity index is 1.60. The molecule has 1 aliphatic rings. The molecule has 6 nitrogen and oxygen atoms in total. The Morgan fingerprint density at radius 2 is 1.68 bits per heavy atom. The lowest BCUT2D eigenvalue weighted by molar-refractivity contribution is -0.147. The van der Waals surface area contributed by atoms with Crippen LogP contribution >= 0.6 is 0 Å². The minimum atomic E-state index is -1.35. The summed E-state index contributed by atoms with van der Waals surface area (Å²) in [7, 11) is -1.35. The van der Waals surface area contributed by atoms with Crippen molar-refractivity contribution in [1.82, 2.24) is 4.90 Å². The number of nitrogens with two attached hydrogens (primary N) is 1. The number of aliphatic carboxylic acids is 1.